The molecular weight excluding hydrogens is 366 g/mol. The number of benzene rings is 1. The van der Waals surface area contributed by atoms with Gasteiger partial charge in [-0.05, 0) is 34.0 Å². The Morgan fingerprint density at radius 2 is 2.22 bits per heavy atom. The predicted molar refractivity (Wildman–Crippen MR) is 98.8 cm³/mol. The van der Waals surface area contributed by atoms with Crippen molar-refractivity contribution in [2.45, 2.75) is 12.8 Å². The van der Waals surface area contributed by atoms with Gasteiger partial charge in [-0.25, -0.2) is 4.68 Å². The maximum Gasteiger partial charge on any atom is 0.227 e. The lowest BCUT2D eigenvalue weighted by Gasteiger charge is -2.06. The maximum absolute atomic E-state index is 12.2. The van der Waals surface area contributed by atoms with Crippen molar-refractivity contribution in [1.82, 2.24) is 30.3 Å². The lowest BCUT2D eigenvalue weighted by Crippen LogP contribution is -2.12. The Bertz CT molecular complexity index is 1050. The number of amides is 1. The topological polar surface area (TPSA) is 112 Å². The number of hydrogen-bond donors (Lipinski definition) is 1. The van der Waals surface area contributed by atoms with Crippen molar-refractivity contribution in [3.8, 4) is 22.1 Å². The van der Waals surface area contributed by atoms with Gasteiger partial charge < -0.3 is 9.84 Å². The van der Waals surface area contributed by atoms with Crippen LogP contribution in [0.4, 0.5) is 5.69 Å². The van der Waals surface area contributed by atoms with E-state index in [9.17, 15) is 4.79 Å². The van der Waals surface area contributed by atoms with Crippen molar-refractivity contribution >= 4 is 22.9 Å². The van der Waals surface area contributed by atoms with E-state index in [-0.39, 0.29) is 12.3 Å². The minimum absolute atomic E-state index is 0.140. The fourth-order valence-electron chi connectivity index (χ4n) is 2.52. The molecule has 0 aliphatic carbocycles. The first-order valence-corrected chi connectivity index (χ1v) is 9.06. The molecule has 0 saturated heterocycles. The van der Waals surface area contributed by atoms with Crippen molar-refractivity contribution in [2.24, 2.45) is 7.05 Å². The third-order valence-electron chi connectivity index (χ3n) is 3.80. The smallest absolute Gasteiger partial charge is 0.227 e. The van der Waals surface area contributed by atoms with Crippen molar-refractivity contribution in [3.05, 3.63) is 47.7 Å². The lowest BCUT2D eigenvalue weighted by atomic mass is 10.2. The van der Waals surface area contributed by atoms with Crippen molar-refractivity contribution in [2.75, 3.05) is 5.32 Å². The van der Waals surface area contributed by atoms with Crippen LogP contribution in [0.2, 0.25) is 0 Å². The number of nitrogens with one attached hydrogen (secondary N) is 1. The fourth-order valence-corrected chi connectivity index (χ4v) is 3.17. The molecule has 0 aliphatic heterocycles. The van der Waals surface area contributed by atoms with Crippen molar-refractivity contribution < 1.29 is 9.32 Å². The summed E-state index contributed by atoms with van der Waals surface area (Å²) < 4.78 is 6.78. The van der Waals surface area contributed by atoms with Gasteiger partial charge in [-0.15, -0.1) is 16.4 Å². The minimum Gasteiger partial charge on any atom is -0.339 e. The third kappa shape index (κ3) is 3.90. The Kier molecular flexibility index (Phi) is 4.71. The van der Waals surface area contributed by atoms with Crippen LogP contribution in [0.1, 0.15) is 12.3 Å². The molecule has 0 saturated carbocycles. The number of tetrazole rings is 1. The van der Waals surface area contributed by atoms with Crippen LogP contribution >= 0.6 is 11.3 Å². The Labute approximate surface area is 158 Å². The van der Waals surface area contributed by atoms with Crippen LogP contribution in [0.25, 0.3) is 22.1 Å². The van der Waals surface area contributed by atoms with Gasteiger partial charge in [0.15, 0.2) is 5.82 Å². The SMILES string of the molecule is Cn1nnnc1-c1cccc(NC(=O)CCc2nc(-c3cccs3)no2)c1. The number of carbonyl (C=O) groups excluding carboxylic acids is 1. The molecule has 3 aromatic heterocycles. The average molecular weight is 381 g/mol. The van der Waals surface area contributed by atoms with Gasteiger partial charge in [0.2, 0.25) is 17.6 Å². The minimum atomic E-state index is -0.140. The quantitative estimate of drug-likeness (QED) is 0.546. The third-order valence-corrected chi connectivity index (χ3v) is 4.67. The molecule has 9 nitrogen and oxygen atoms in total. The zero-order chi connectivity index (χ0) is 18.6. The van der Waals surface area contributed by atoms with E-state index in [0.717, 1.165) is 10.4 Å². The molecule has 4 aromatic rings. The zero-order valence-electron chi connectivity index (χ0n) is 14.4. The van der Waals surface area contributed by atoms with Gasteiger partial charge in [0.05, 0.1) is 4.88 Å². The Balaban J connectivity index is 1.37. The summed E-state index contributed by atoms with van der Waals surface area (Å²) in [5.41, 5.74) is 1.49. The number of carbonyl (C=O) groups is 1. The van der Waals surface area contributed by atoms with Gasteiger partial charge in [0, 0.05) is 31.1 Å². The second-order valence-corrected chi connectivity index (χ2v) is 6.69. The van der Waals surface area contributed by atoms with E-state index >= 15 is 0 Å². The Hall–Kier alpha value is -3.40. The molecule has 0 spiro atoms. The first-order valence-electron chi connectivity index (χ1n) is 8.18. The monoisotopic (exact) mass is 381 g/mol. The standard InChI is InChI=1S/C17H15N7O2S/c1-24-17(20-22-23-24)11-4-2-5-12(10-11)18-14(25)7-8-15-19-16(21-26-15)13-6-3-9-27-13/h2-6,9-10H,7-8H2,1H3,(H,18,25). The first kappa shape index (κ1) is 17.0. The predicted octanol–water partition coefficient (Wildman–Crippen LogP) is 2.56. The number of thiophene rings is 1. The van der Waals surface area contributed by atoms with E-state index in [1.807, 2.05) is 41.8 Å². The van der Waals surface area contributed by atoms with Gasteiger partial charge in [-0.1, -0.05) is 23.4 Å². The Morgan fingerprint density at radius 1 is 1.30 bits per heavy atom. The molecule has 136 valence electrons. The largest absolute Gasteiger partial charge is 0.339 e. The normalized spacial score (nSPS) is 10.9. The van der Waals surface area contributed by atoms with Crippen LogP contribution in [0.15, 0.2) is 46.3 Å². The second kappa shape index (κ2) is 7.46. The number of hydrogen-bond acceptors (Lipinski definition) is 8. The number of aryl methyl sites for hydroxylation is 2. The van der Waals surface area contributed by atoms with Gasteiger partial charge in [0.1, 0.15) is 0 Å². The molecule has 3 heterocycles. The first-order chi connectivity index (χ1) is 13.2. The van der Waals surface area contributed by atoms with Gasteiger partial charge in [-0.2, -0.15) is 4.98 Å². The summed E-state index contributed by atoms with van der Waals surface area (Å²) in [6.07, 6.45) is 0.610. The zero-order valence-corrected chi connectivity index (χ0v) is 15.2. The maximum atomic E-state index is 12.2. The van der Waals surface area contributed by atoms with Gasteiger partial charge >= 0.3 is 0 Å². The molecular formula is C17H15N7O2S. The molecule has 10 heteroatoms. The van der Waals surface area contributed by atoms with Crippen LogP contribution < -0.4 is 5.32 Å². The highest BCUT2D eigenvalue weighted by molar-refractivity contribution is 7.13. The second-order valence-electron chi connectivity index (χ2n) is 5.74. The summed E-state index contributed by atoms with van der Waals surface area (Å²) >= 11 is 1.54. The Morgan fingerprint density at radius 3 is 3.00 bits per heavy atom. The molecule has 1 amide bonds. The van der Waals surface area contributed by atoms with Crippen LogP contribution in [-0.4, -0.2) is 36.3 Å². The lowest BCUT2D eigenvalue weighted by molar-refractivity contribution is -0.116. The molecule has 0 unspecified atom stereocenters. The summed E-state index contributed by atoms with van der Waals surface area (Å²) in [6.45, 7) is 0. The van der Waals surface area contributed by atoms with E-state index < -0.39 is 0 Å². The summed E-state index contributed by atoms with van der Waals surface area (Å²) in [5, 5.41) is 20.2. The number of rotatable bonds is 6. The molecule has 0 radical (unpaired) electrons. The molecule has 0 aliphatic rings. The van der Waals surface area contributed by atoms with E-state index in [1.165, 1.54) is 11.3 Å². The highest BCUT2D eigenvalue weighted by Gasteiger charge is 2.12. The van der Waals surface area contributed by atoms with Crippen LogP contribution in [-0.2, 0) is 18.3 Å². The highest BCUT2D eigenvalue weighted by atomic mass is 32.1. The number of nitrogens with zero attached hydrogens (tertiary/aromatic N) is 6. The van der Waals surface area contributed by atoms with Crippen LogP contribution in [0.5, 0.6) is 0 Å². The summed E-state index contributed by atoms with van der Waals surface area (Å²) in [5.74, 6) is 1.47. The van der Waals surface area contributed by atoms with E-state index in [4.69, 9.17) is 4.52 Å². The van der Waals surface area contributed by atoms with Crippen LogP contribution in [0, 0.1) is 0 Å². The summed E-state index contributed by atoms with van der Waals surface area (Å²) in [7, 11) is 1.76. The van der Waals surface area contributed by atoms with Crippen molar-refractivity contribution in [3.63, 3.8) is 0 Å². The molecule has 4 rings (SSSR count). The number of anilines is 1. The van der Waals surface area contributed by atoms with E-state index in [1.54, 1.807) is 11.7 Å². The van der Waals surface area contributed by atoms with Gasteiger partial charge in [-0.3, -0.25) is 4.79 Å². The molecule has 27 heavy (non-hydrogen) atoms. The number of aromatic nitrogens is 6. The molecule has 0 fully saturated rings. The fraction of sp³-hybridized carbons (Fsp3) is 0.176. The van der Waals surface area contributed by atoms with Gasteiger partial charge in [0.25, 0.3) is 0 Å². The average Bonchev–Trinajstić information content (AvgIpc) is 3.41. The molecule has 0 atom stereocenters. The highest BCUT2D eigenvalue weighted by Crippen LogP contribution is 2.22. The molecule has 1 N–H and O–H groups in total. The van der Waals surface area contributed by atoms with Crippen molar-refractivity contribution in [1.29, 1.82) is 0 Å². The van der Waals surface area contributed by atoms with E-state index in [0.29, 0.717) is 29.6 Å². The van der Waals surface area contributed by atoms with E-state index in [2.05, 4.69) is 31.0 Å². The summed E-state index contributed by atoms with van der Waals surface area (Å²) in [4.78, 5) is 17.5. The summed E-state index contributed by atoms with van der Waals surface area (Å²) in [6, 6.07) is 11.2. The molecule has 0 bridgehead atoms. The molecule has 1 aromatic carbocycles. The van der Waals surface area contributed by atoms with Crippen LogP contribution in [0.3, 0.4) is 0 Å².